The van der Waals surface area contributed by atoms with Crippen LogP contribution in [0.4, 0.5) is 0 Å². The fourth-order valence-corrected chi connectivity index (χ4v) is 2.95. The molecule has 156 valence electrons. The van der Waals surface area contributed by atoms with Gasteiger partial charge in [-0.2, -0.15) is 10.2 Å². The molecule has 11 heteroatoms. The number of hydrazone groups is 2. The van der Waals surface area contributed by atoms with Gasteiger partial charge in [-0.3, -0.25) is 0 Å². The van der Waals surface area contributed by atoms with Gasteiger partial charge >= 0.3 is 18.6 Å². The Morgan fingerprint density at radius 2 is 1.11 bits per heavy atom. The molecule has 2 aliphatic rings. The van der Waals surface area contributed by atoms with E-state index in [4.69, 9.17) is 0 Å². The van der Waals surface area contributed by atoms with Crippen LogP contribution in [0, 0.1) is 0 Å². The average Bonchev–Trinajstić information content (AvgIpc) is 2.64. The van der Waals surface area contributed by atoms with E-state index in [1.165, 1.54) is 38.5 Å². The van der Waals surface area contributed by atoms with E-state index in [9.17, 15) is 0 Å². The molecular formula is C17H27Cl3N7V. The van der Waals surface area contributed by atoms with Gasteiger partial charge in [0.25, 0.3) is 0 Å². The largest absolute Gasteiger partial charge is 3.00 e. The van der Waals surface area contributed by atoms with Crippen molar-refractivity contribution in [3.63, 3.8) is 0 Å². The Kier molecular flexibility index (Phi) is 18.4. The molecule has 0 aliphatic carbocycles. The van der Waals surface area contributed by atoms with Crippen molar-refractivity contribution in [2.24, 2.45) is 10.2 Å². The van der Waals surface area contributed by atoms with Crippen molar-refractivity contribution < 1.29 is 55.8 Å². The molecule has 3 rings (SSSR count). The van der Waals surface area contributed by atoms with Crippen LogP contribution in [0.15, 0.2) is 28.4 Å². The van der Waals surface area contributed by atoms with Gasteiger partial charge in [0.1, 0.15) is 0 Å². The van der Waals surface area contributed by atoms with E-state index in [2.05, 4.69) is 36.3 Å². The van der Waals surface area contributed by atoms with Crippen LogP contribution in [0.1, 0.15) is 49.9 Å². The Bertz CT molecular complexity index is 520. The van der Waals surface area contributed by atoms with Crippen LogP contribution in [0.3, 0.4) is 0 Å². The SMILES string of the molecule is C(=NNN1CCCCC1)c1cccc(C=NNN2CCCCC2)n1.[Cl-].[Cl-].[Cl-].[V+3]. The molecule has 0 amide bonds. The van der Waals surface area contributed by atoms with Gasteiger partial charge in [0.15, 0.2) is 0 Å². The molecule has 0 bridgehead atoms. The molecule has 2 fully saturated rings. The second-order valence-corrected chi connectivity index (χ2v) is 6.30. The van der Waals surface area contributed by atoms with Crippen LogP contribution in [0.5, 0.6) is 0 Å². The molecular weight excluding hydrogens is 460 g/mol. The van der Waals surface area contributed by atoms with E-state index >= 15 is 0 Å². The van der Waals surface area contributed by atoms with Crippen molar-refractivity contribution in [1.29, 1.82) is 0 Å². The first-order valence-corrected chi connectivity index (χ1v) is 8.94. The minimum absolute atomic E-state index is 0. The Morgan fingerprint density at radius 1 is 0.714 bits per heavy atom. The van der Waals surface area contributed by atoms with Gasteiger partial charge in [-0.05, 0) is 37.8 Å². The van der Waals surface area contributed by atoms with E-state index in [1.807, 2.05) is 18.2 Å². The van der Waals surface area contributed by atoms with Gasteiger partial charge in [-0.15, -0.1) is 0 Å². The zero-order valence-corrected chi connectivity index (χ0v) is 19.4. The Balaban J connectivity index is 0. The third-order valence-corrected chi connectivity index (χ3v) is 4.30. The molecule has 0 saturated carbocycles. The second kappa shape index (κ2) is 17.3. The zero-order chi connectivity index (χ0) is 16.5. The smallest absolute Gasteiger partial charge is 1.00 e. The quantitative estimate of drug-likeness (QED) is 0.309. The summed E-state index contributed by atoms with van der Waals surface area (Å²) in [5.41, 5.74) is 7.81. The Morgan fingerprint density at radius 3 is 1.50 bits per heavy atom. The van der Waals surface area contributed by atoms with Gasteiger partial charge in [0.2, 0.25) is 0 Å². The molecule has 0 unspecified atom stereocenters. The van der Waals surface area contributed by atoms with Crippen molar-refractivity contribution in [2.75, 3.05) is 26.2 Å². The van der Waals surface area contributed by atoms with E-state index in [0.717, 1.165) is 37.6 Å². The molecule has 7 nitrogen and oxygen atoms in total. The summed E-state index contributed by atoms with van der Waals surface area (Å²) in [5, 5.41) is 12.9. The molecule has 0 atom stereocenters. The van der Waals surface area contributed by atoms with Crippen LogP contribution >= 0.6 is 0 Å². The number of rotatable bonds is 6. The standard InChI is InChI=1S/C17H27N7.3ClH.V/c1-3-10-23(11-4-1)21-18-14-16-8-7-9-17(20-16)15-19-22-24-12-5-2-6-13-24;;;;/h7-9,14-15,21-22H,1-6,10-13H2;3*1H;/q;;;;+3/p-3. The van der Waals surface area contributed by atoms with Crippen LogP contribution in [0.2, 0.25) is 0 Å². The Hall–Kier alpha value is -0.536. The van der Waals surface area contributed by atoms with E-state index in [0.29, 0.717) is 0 Å². The molecule has 0 radical (unpaired) electrons. The molecule has 2 N–H and O–H groups in total. The summed E-state index contributed by atoms with van der Waals surface area (Å²) >= 11 is 0. The normalized spacial score (nSPS) is 17.7. The molecule has 1 aromatic rings. The fourth-order valence-electron chi connectivity index (χ4n) is 2.95. The second-order valence-electron chi connectivity index (χ2n) is 6.30. The third kappa shape index (κ3) is 10.9. The van der Waals surface area contributed by atoms with Crippen molar-refractivity contribution >= 4 is 12.4 Å². The monoisotopic (exact) mass is 485 g/mol. The number of piperidine rings is 2. The number of halogens is 3. The van der Waals surface area contributed by atoms with Crippen LogP contribution in [0.25, 0.3) is 0 Å². The number of hydrazine groups is 2. The van der Waals surface area contributed by atoms with Crippen molar-refractivity contribution in [1.82, 2.24) is 26.1 Å². The number of nitrogens with zero attached hydrogens (tertiary/aromatic N) is 5. The molecule has 1 aromatic heterocycles. The number of pyridine rings is 1. The third-order valence-electron chi connectivity index (χ3n) is 4.30. The van der Waals surface area contributed by atoms with Gasteiger partial charge in [-0.25, -0.2) is 26.1 Å². The first-order valence-electron chi connectivity index (χ1n) is 8.94. The van der Waals surface area contributed by atoms with E-state index < -0.39 is 0 Å². The Labute approximate surface area is 198 Å². The van der Waals surface area contributed by atoms with Crippen molar-refractivity contribution in [2.45, 2.75) is 38.5 Å². The number of nitrogens with one attached hydrogen (secondary N) is 2. The van der Waals surface area contributed by atoms with Crippen LogP contribution in [-0.4, -0.2) is 53.6 Å². The van der Waals surface area contributed by atoms with Gasteiger partial charge in [0.05, 0.1) is 23.8 Å². The summed E-state index contributed by atoms with van der Waals surface area (Å²) in [6, 6.07) is 5.85. The summed E-state index contributed by atoms with van der Waals surface area (Å²) in [6.07, 6.45) is 11.1. The van der Waals surface area contributed by atoms with Gasteiger partial charge in [-0.1, -0.05) is 18.9 Å². The maximum absolute atomic E-state index is 4.52. The minimum Gasteiger partial charge on any atom is -1.00 e. The van der Waals surface area contributed by atoms with Crippen molar-refractivity contribution in [3.05, 3.63) is 29.6 Å². The average molecular weight is 487 g/mol. The summed E-state index contributed by atoms with van der Waals surface area (Å²) in [7, 11) is 0. The minimum atomic E-state index is 0. The first-order chi connectivity index (χ1) is 11.9. The number of hydrogen-bond acceptors (Lipinski definition) is 7. The van der Waals surface area contributed by atoms with Gasteiger partial charge < -0.3 is 37.2 Å². The summed E-state index contributed by atoms with van der Waals surface area (Å²) in [5.74, 6) is 0. The topological polar surface area (TPSA) is 68.2 Å². The zero-order valence-electron chi connectivity index (χ0n) is 15.8. The molecule has 2 aliphatic heterocycles. The first kappa shape index (κ1) is 29.7. The number of aromatic nitrogens is 1. The molecule has 3 heterocycles. The maximum atomic E-state index is 4.52. The fraction of sp³-hybridized carbons (Fsp3) is 0.588. The predicted molar refractivity (Wildman–Crippen MR) is 96.5 cm³/mol. The molecule has 28 heavy (non-hydrogen) atoms. The van der Waals surface area contributed by atoms with Gasteiger partial charge in [0, 0.05) is 26.2 Å². The molecule has 0 spiro atoms. The summed E-state index contributed by atoms with van der Waals surface area (Å²) in [6.45, 7) is 4.22. The van der Waals surface area contributed by atoms with Crippen LogP contribution < -0.4 is 48.3 Å². The molecule has 2 saturated heterocycles. The molecule has 0 aromatic carbocycles. The number of hydrogen-bond donors (Lipinski definition) is 2. The van der Waals surface area contributed by atoms with E-state index in [-0.39, 0.29) is 55.8 Å². The summed E-state index contributed by atoms with van der Waals surface area (Å²) < 4.78 is 0. The van der Waals surface area contributed by atoms with E-state index in [1.54, 1.807) is 12.4 Å². The predicted octanol–water partition coefficient (Wildman–Crippen LogP) is -7.26. The maximum Gasteiger partial charge on any atom is 3.00 e. The van der Waals surface area contributed by atoms with Crippen LogP contribution in [-0.2, 0) is 18.6 Å². The van der Waals surface area contributed by atoms with Crippen molar-refractivity contribution in [3.8, 4) is 0 Å². The summed E-state index contributed by atoms with van der Waals surface area (Å²) in [4.78, 5) is 4.52.